The van der Waals surface area contributed by atoms with Gasteiger partial charge in [0, 0.05) is 25.6 Å². The van der Waals surface area contributed by atoms with Gasteiger partial charge in [-0.05, 0) is 63.1 Å². The number of hydrogen-bond donors (Lipinski definition) is 4. The molecule has 1 heterocycles. The minimum Gasteiger partial charge on any atom is -0.504 e. The predicted octanol–water partition coefficient (Wildman–Crippen LogP) is 1.47. The minimum absolute atomic E-state index is 0.0672. The minimum atomic E-state index is -1.82. The van der Waals surface area contributed by atoms with Gasteiger partial charge in [-0.15, -0.1) is 0 Å². The van der Waals surface area contributed by atoms with Crippen LogP contribution in [0.1, 0.15) is 32.3 Å². The molecule has 0 aliphatic carbocycles. The molecule has 186 valence electrons. The van der Waals surface area contributed by atoms with Crippen LogP contribution in [0, 0.1) is 11.3 Å². The fourth-order valence-corrected chi connectivity index (χ4v) is 3.81. The summed E-state index contributed by atoms with van der Waals surface area (Å²) in [4.78, 5) is 35.2. The number of phenolic OH excluding ortho intramolecular Hbond substituents is 1. The van der Waals surface area contributed by atoms with Crippen LogP contribution < -0.4 is 10.1 Å². The van der Waals surface area contributed by atoms with E-state index in [2.05, 4.69) is 43.1 Å². The molecule has 0 unspecified atom stereocenters. The Morgan fingerprint density at radius 1 is 1.15 bits per heavy atom. The lowest BCUT2D eigenvalue weighted by Crippen LogP contribution is -2.44. The van der Waals surface area contributed by atoms with Crippen LogP contribution in [0.15, 0.2) is 18.2 Å². The number of likely N-dealkylation sites (tertiary alicyclic amines) is 1. The van der Waals surface area contributed by atoms with Crippen LogP contribution in [0.25, 0.3) is 0 Å². The number of aromatic hydroxyl groups is 1. The van der Waals surface area contributed by atoms with Crippen molar-refractivity contribution in [1.29, 1.82) is 0 Å². The number of carbonyl (C=O) groups is 3. The van der Waals surface area contributed by atoms with Crippen molar-refractivity contribution < 1.29 is 34.4 Å². The third-order valence-electron chi connectivity index (χ3n) is 5.28. The number of nitrogens with zero attached hydrogens (tertiary/aromatic N) is 2. The molecule has 1 aliphatic heterocycles. The van der Waals surface area contributed by atoms with E-state index in [4.69, 9.17) is 24.5 Å². The van der Waals surface area contributed by atoms with E-state index in [-0.39, 0.29) is 23.0 Å². The smallest absolute Gasteiger partial charge is 0.414 e. The number of piperidine rings is 1. The molecular weight excluding hydrogens is 430 g/mol. The summed E-state index contributed by atoms with van der Waals surface area (Å²) in [5.41, 5.74) is 1.18. The standard InChI is InChI=1S/C21H35N3O3.C2H2O4/c1-21(2,15-23(3)4)14-22-20(26)17-8-10-24(11-9-17)13-16-6-7-18(25)19(12-16)27-5;3-1(4)2(5)6/h6-7,12,17,25H,8-11,13-15H2,1-5H3,(H,22,26);(H,3,4)(H,5,6). The quantitative estimate of drug-likeness (QED) is 0.418. The van der Waals surface area contributed by atoms with Gasteiger partial charge in [0.05, 0.1) is 7.11 Å². The van der Waals surface area contributed by atoms with Gasteiger partial charge in [0.2, 0.25) is 5.91 Å². The van der Waals surface area contributed by atoms with Crippen LogP contribution in [-0.4, -0.2) is 90.3 Å². The molecule has 1 aromatic carbocycles. The number of benzene rings is 1. The highest BCUT2D eigenvalue weighted by Gasteiger charge is 2.27. The molecule has 1 aliphatic rings. The van der Waals surface area contributed by atoms with Gasteiger partial charge in [0.25, 0.3) is 0 Å². The highest BCUT2D eigenvalue weighted by Crippen LogP contribution is 2.28. The third kappa shape index (κ3) is 10.5. The number of ether oxygens (including phenoxy) is 1. The van der Waals surface area contributed by atoms with Gasteiger partial charge in [-0.3, -0.25) is 9.69 Å². The number of carboxylic acids is 2. The van der Waals surface area contributed by atoms with Crippen LogP contribution in [-0.2, 0) is 20.9 Å². The lowest BCUT2D eigenvalue weighted by Gasteiger charge is -2.33. The number of rotatable bonds is 8. The Balaban J connectivity index is 0.000000801. The van der Waals surface area contributed by atoms with Gasteiger partial charge >= 0.3 is 11.9 Å². The molecule has 33 heavy (non-hydrogen) atoms. The summed E-state index contributed by atoms with van der Waals surface area (Å²) in [7, 11) is 5.68. The van der Waals surface area contributed by atoms with E-state index in [0.29, 0.717) is 12.3 Å². The lowest BCUT2D eigenvalue weighted by molar-refractivity contribution is -0.159. The summed E-state index contributed by atoms with van der Waals surface area (Å²) in [5.74, 6) is -2.69. The average Bonchev–Trinajstić information content (AvgIpc) is 2.73. The molecule has 0 aromatic heterocycles. The highest BCUT2D eigenvalue weighted by atomic mass is 16.5. The van der Waals surface area contributed by atoms with Crippen molar-refractivity contribution in [2.24, 2.45) is 11.3 Å². The summed E-state index contributed by atoms with van der Waals surface area (Å²) in [6, 6.07) is 5.47. The topological polar surface area (TPSA) is 140 Å². The Hall–Kier alpha value is -2.85. The summed E-state index contributed by atoms with van der Waals surface area (Å²) in [5, 5.41) is 27.6. The monoisotopic (exact) mass is 467 g/mol. The van der Waals surface area contributed by atoms with Crippen molar-refractivity contribution in [3.05, 3.63) is 23.8 Å². The van der Waals surface area contributed by atoms with Crippen molar-refractivity contribution in [2.45, 2.75) is 33.2 Å². The number of aliphatic carboxylic acids is 2. The summed E-state index contributed by atoms with van der Waals surface area (Å²) < 4.78 is 5.18. The second-order valence-corrected chi connectivity index (χ2v) is 9.29. The molecule has 0 atom stereocenters. The largest absolute Gasteiger partial charge is 0.504 e. The maximum absolute atomic E-state index is 12.5. The van der Waals surface area contributed by atoms with E-state index in [9.17, 15) is 9.90 Å². The Morgan fingerprint density at radius 3 is 2.21 bits per heavy atom. The van der Waals surface area contributed by atoms with Crippen molar-refractivity contribution >= 4 is 17.8 Å². The molecule has 2 rings (SSSR count). The summed E-state index contributed by atoms with van der Waals surface area (Å²) in [6.07, 6.45) is 1.77. The fraction of sp³-hybridized carbons (Fsp3) is 0.609. The van der Waals surface area contributed by atoms with Crippen LogP contribution in [0.2, 0.25) is 0 Å². The number of nitrogens with one attached hydrogen (secondary N) is 1. The number of carbonyl (C=O) groups excluding carboxylic acids is 1. The first-order chi connectivity index (χ1) is 15.3. The fourth-order valence-electron chi connectivity index (χ4n) is 3.81. The normalized spacial score (nSPS) is 14.8. The molecule has 10 nitrogen and oxygen atoms in total. The van der Waals surface area contributed by atoms with E-state index in [1.165, 1.54) is 0 Å². The first-order valence-electron chi connectivity index (χ1n) is 10.8. The van der Waals surface area contributed by atoms with Crippen LogP contribution in [0.4, 0.5) is 0 Å². The maximum atomic E-state index is 12.5. The van der Waals surface area contributed by atoms with Crippen LogP contribution in [0.5, 0.6) is 11.5 Å². The predicted molar refractivity (Wildman–Crippen MR) is 123 cm³/mol. The van der Waals surface area contributed by atoms with E-state index < -0.39 is 11.9 Å². The Morgan fingerprint density at radius 2 is 1.73 bits per heavy atom. The first kappa shape index (κ1) is 28.2. The number of phenols is 1. The zero-order valence-electron chi connectivity index (χ0n) is 20.1. The van der Waals surface area contributed by atoms with E-state index >= 15 is 0 Å². The maximum Gasteiger partial charge on any atom is 0.414 e. The van der Waals surface area contributed by atoms with E-state index in [1.807, 2.05) is 12.1 Å². The summed E-state index contributed by atoms with van der Waals surface area (Å²) >= 11 is 0. The van der Waals surface area contributed by atoms with Crippen molar-refractivity contribution in [3.8, 4) is 11.5 Å². The molecule has 0 saturated carbocycles. The number of amides is 1. The second kappa shape index (κ2) is 13.0. The molecule has 0 spiro atoms. The zero-order valence-corrected chi connectivity index (χ0v) is 20.1. The summed E-state index contributed by atoms with van der Waals surface area (Å²) in [6.45, 7) is 8.63. The molecule has 4 N–H and O–H groups in total. The molecule has 0 radical (unpaired) electrons. The van der Waals surface area contributed by atoms with E-state index in [0.717, 1.165) is 44.6 Å². The average molecular weight is 468 g/mol. The molecular formula is C23H37N3O7. The first-order valence-corrected chi connectivity index (χ1v) is 10.8. The molecule has 1 fully saturated rings. The number of carboxylic acid groups (broad SMARTS) is 2. The van der Waals surface area contributed by atoms with Crippen LogP contribution >= 0.6 is 0 Å². The van der Waals surface area contributed by atoms with Crippen molar-refractivity contribution in [1.82, 2.24) is 15.1 Å². The molecule has 0 bridgehead atoms. The zero-order chi connectivity index (χ0) is 25.2. The molecule has 1 aromatic rings. The molecule has 1 saturated heterocycles. The van der Waals surface area contributed by atoms with Gasteiger partial charge in [-0.25, -0.2) is 9.59 Å². The van der Waals surface area contributed by atoms with Gasteiger partial charge < -0.3 is 30.3 Å². The van der Waals surface area contributed by atoms with Gasteiger partial charge in [-0.2, -0.15) is 0 Å². The van der Waals surface area contributed by atoms with Crippen molar-refractivity contribution in [3.63, 3.8) is 0 Å². The van der Waals surface area contributed by atoms with Gasteiger partial charge in [0.1, 0.15) is 0 Å². The van der Waals surface area contributed by atoms with Gasteiger partial charge in [0.15, 0.2) is 11.5 Å². The number of hydrogen-bond acceptors (Lipinski definition) is 7. The van der Waals surface area contributed by atoms with E-state index in [1.54, 1.807) is 13.2 Å². The number of methoxy groups -OCH3 is 1. The lowest BCUT2D eigenvalue weighted by atomic mass is 9.91. The van der Waals surface area contributed by atoms with Crippen LogP contribution in [0.3, 0.4) is 0 Å². The van der Waals surface area contributed by atoms with Crippen molar-refractivity contribution in [2.75, 3.05) is 47.4 Å². The SMILES string of the molecule is COc1cc(CN2CCC(C(=O)NCC(C)(C)CN(C)C)CC2)ccc1O.O=C(O)C(=O)O. The third-order valence-corrected chi connectivity index (χ3v) is 5.28. The Labute approximate surface area is 195 Å². The Bertz CT molecular complexity index is 791. The Kier molecular flexibility index (Phi) is 11.1. The second-order valence-electron chi connectivity index (χ2n) is 9.29. The molecule has 1 amide bonds. The highest BCUT2D eigenvalue weighted by molar-refractivity contribution is 6.27. The molecule has 10 heteroatoms. The van der Waals surface area contributed by atoms with Gasteiger partial charge in [-0.1, -0.05) is 19.9 Å².